The fourth-order valence-electron chi connectivity index (χ4n) is 3.13. The molecule has 2 atom stereocenters. The number of piperazine rings is 1. The highest BCUT2D eigenvalue weighted by Gasteiger charge is 2.28. The molecule has 0 saturated carbocycles. The lowest BCUT2D eigenvalue weighted by molar-refractivity contribution is -0.134. The number of nitrogens with one attached hydrogen (secondary N) is 2. The molecule has 5 heteroatoms. The summed E-state index contributed by atoms with van der Waals surface area (Å²) in [5.74, 6) is -0.533. The maximum absolute atomic E-state index is 11.9. The van der Waals surface area contributed by atoms with Crippen molar-refractivity contribution in [3.8, 4) is 0 Å². The first-order valence-corrected chi connectivity index (χ1v) is 7.56. The topological polar surface area (TPSA) is 61.4 Å². The molecule has 2 aliphatic heterocycles. The summed E-state index contributed by atoms with van der Waals surface area (Å²) in [6.45, 7) is 5.20. The third-order valence-corrected chi connectivity index (χ3v) is 4.37. The van der Waals surface area contributed by atoms with E-state index in [-0.39, 0.29) is 17.7 Å². The predicted molar refractivity (Wildman–Crippen MR) is 81.2 cm³/mol. The highest BCUT2D eigenvalue weighted by molar-refractivity contribution is 6.00. The van der Waals surface area contributed by atoms with Crippen LogP contribution < -0.4 is 15.5 Å². The van der Waals surface area contributed by atoms with E-state index in [0.29, 0.717) is 18.9 Å². The van der Waals surface area contributed by atoms with Crippen LogP contribution >= 0.6 is 0 Å². The Morgan fingerprint density at radius 1 is 1.19 bits per heavy atom. The number of carbonyl (C=O) groups excluding carboxylic acids is 2. The van der Waals surface area contributed by atoms with Crippen LogP contribution in [0.3, 0.4) is 0 Å². The summed E-state index contributed by atoms with van der Waals surface area (Å²) in [6, 6.07) is 8.68. The molecule has 1 aromatic rings. The lowest BCUT2D eigenvalue weighted by atomic mass is 9.90. The molecule has 1 unspecified atom stereocenters. The summed E-state index contributed by atoms with van der Waals surface area (Å²) < 4.78 is 0. The first-order valence-electron chi connectivity index (χ1n) is 7.56. The minimum atomic E-state index is -0.197. The van der Waals surface area contributed by atoms with Crippen LogP contribution in [-0.4, -0.2) is 37.5 Å². The second kappa shape index (κ2) is 5.85. The van der Waals surface area contributed by atoms with Crippen LogP contribution in [0.5, 0.6) is 0 Å². The van der Waals surface area contributed by atoms with Crippen molar-refractivity contribution in [2.75, 3.05) is 24.5 Å². The van der Waals surface area contributed by atoms with Gasteiger partial charge in [-0.15, -0.1) is 0 Å². The molecule has 0 aliphatic carbocycles. The second-order valence-electron chi connectivity index (χ2n) is 5.84. The Morgan fingerprint density at radius 3 is 2.62 bits per heavy atom. The van der Waals surface area contributed by atoms with E-state index in [1.54, 1.807) is 0 Å². The van der Waals surface area contributed by atoms with Crippen LogP contribution in [0, 0.1) is 0 Å². The van der Waals surface area contributed by atoms with Crippen molar-refractivity contribution in [1.29, 1.82) is 0 Å². The van der Waals surface area contributed by atoms with Gasteiger partial charge in [-0.25, -0.2) is 0 Å². The van der Waals surface area contributed by atoms with Crippen molar-refractivity contribution in [3.05, 3.63) is 29.8 Å². The third kappa shape index (κ3) is 2.93. The average molecular weight is 287 g/mol. The smallest absolute Gasteiger partial charge is 0.234 e. The molecule has 0 aromatic heterocycles. The molecule has 0 bridgehead atoms. The second-order valence-corrected chi connectivity index (χ2v) is 5.84. The van der Waals surface area contributed by atoms with Crippen molar-refractivity contribution >= 4 is 17.5 Å². The minimum absolute atomic E-state index is 0.164. The Kier molecular flexibility index (Phi) is 3.92. The van der Waals surface area contributed by atoms with E-state index in [1.807, 2.05) is 12.1 Å². The number of hydrogen-bond donors (Lipinski definition) is 2. The van der Waals surface area contributed by atoms with E-state index in [9.17, 15) is 9.59 Å². The molecule has 21 heavy (non-hydrogen) atoms. The largest absolute Gasteiger partial charge is 0.366 e. The maximum Gasteiger partial charge on any atom is 0.234 e. The summed E-state index contributed by atoms with van der Waals surface area (Å²) in [7, 11) is 0. The van der Waals surface area contributed by atoms with E-state index in [0.717, 1.165) is 25.2 Å². The van der Waals surface area contributed by atoms with Crippen LogP contribution in [0.1, 0.15) is 31.2 Å². The van der Waals surface area contributed by atoms with Gasteiger partial charge >= 0.3 is 0 Å². The first-order chi connectivity index (χ1) is 10.1. The number of piperidine rings is 1. The number of imide groups is 1. The lowest BCUT2D eigenvalue weighted by Crippen LogP contribution is -2.49. The molecule has 0 radical (unpaired) electrons. The molecule has 112 valence electrons. The van der Waals surface area contributed by atoms with Gasteiger partial charge in [-0.3, -0.25) is 14.9 Å². The van der Waals surface area contributed by atoms with Gasteiger partial charge in [-0.1, -0.05) is 12.1 Å². The lowest BCUT2D eigenvalue weighted by Gasteiger charge is -2.36. The van der Waals surface area contributed by atoms with Gasteiger partial charge in [0.25, 0.3) is 0 Å². The zero-order valence-electron chi connectivity index (χ0n) is 12.3. The summed E-state index contributed by atoms with van der Waals surface area (Å²) >= 11 is 0. The Morgan fingerprint density at radius 2 is 1.95 bits per heavy atom. The number of rotatable bonds is 2. The molecule has 2 fully saturated rings. The molecule has 2 saturated heterocycles. The highest BCUT2D eigenvalue weighted by atomic mass is 16.2. The van der Waals surface area contributed by atoms with Gasteiger partial charge in [0.1, 0.15) is 0 Å². The Hall–Kier alpha value is -1.88. The van der Waals surface area contributed by atoms with Gasteiger partial charge in [-0.2, -0.15) is 0 Å². The Bertz CT molecular complexity index is 541. The molecular formula is C16H21N3O2. The van der Waals surface area contributed by atoms with E-state index in [4.69, 9.17) is 0 Å². The van der Waals surface area contributed by atoms with Crippen LogP contribution in [0.2, 0.25) is 0 Å². The minimum Gasteiger partial charge on any atom is -0.366 e. The highest BCUT2D eigenvalue weighted by Crippen LogP contribution is 2.27. The van der Waals surface area contributed by atoms with Crippen LogP contribution in [-0.2, 0) is 9.59 Å². The van der Waals surface area contributed by atoms with Crippen molar-refractivity contribution in [2.45, 2.75) is 31.7 Å². The van der Waals surface area contributed by atoms with E-state index >= 15 is 0 Å². The average Bonchev–Trinajstić information content (AvgIpc) is 2.48. The van der Waals surface area contributed by atoms with Crippen molar-refractivity contribution < 1.29 is 9.59 Å². The molecule has 2 N–H and O–H groups in total. The van der Waals surface area contributed by atoms with E-state index in [2.05, 4.69) is 34.6 Å². The Balaban J connectivity index is 1.74. The van der Waals surface area contributed by atoms with Gasteiger partial charge in [0.05, 0.1) is 5.92 Å². The monoisotopic (exact) mass is 287 g/mol. The summed E-state index contributed by atoms with van der Waals surface area (Å²) in [4.78, 5) is 25.5. The molecular weight excluding hydrogens is 266 g/mol. The molecule has 2 amide bonds. The zero-order valence-corrected chi connectivity index (χ0v) is 12.3. The van der Waals surface area contributed by atoms with Crippen molar-refractivity contribution in [2.24, 2.45) is 0 Å². The normalized spacial score (nSPS) is 26.6. The molecule has 1 aromatic carbocycles. The zero-order chi connectivity index (χ0) is 14.8. The maximum atomic E-state index is 11.9. The third-order valence-electron chi connectivity index (χ3n) is 4.37. The fraction of sp³-hybridized carbons (Fsp3) is 0.500. The molecule has 0 spiro atoms. The molecule has 2 aliphatic rings. The number of nitrogens with zero attached hydrogens (tertiary/aromatic N) is 1. The number of hydrogen-bond acceptors (Lipinski definition) is 4. The van der Waals surface area contributed by atoms with E-state index < -0.39 is 0 Å². The van der Waals surface area contributed by atoms with Gasteiger partial charge in [0.15, 0.2) is 0 Å². The van der Waals surface area contributed by atoms with Crippen LogP contribution in [0.4, 0.5) is 5.69 Å². The number of benzene rings is 1. The van der Waals surface area contributed by atoms with Gasteiger partial charge < -0.3 is 10.2 Å². The fourth-order valence-corrected chi connectivity index (χ4v) is 3.13. The van der Waals surface area contributed by atoms with Gasteiger partial charge in [-0.05, 0) is 31.0 Å². The predicted octanol–water partition coefficient (Wildman–Crippen LogP) is 1.00. The van der Waals surface area contributed by atoms with Crippen LogP contribution in [0.15, 0.2) is 24.3 Å². The van der Waals surface area contributed by atoms with Crippen molar-refractivity contribution in [1.82, 2.24) is 10.6 Å². The SMILES string of the molecule is C[C@@H]1CNCCN1c1ccc(C2CCC(=O)NC2=O)cc1. The molecule has 3 rings (SSSR count). The van der Waals surface area contributed by atoms with E-state index in [1.165, 1.54) is 5.69 Å². The standard InChI is InChI=1S/C16H21N3O2/c1-11-10-17-8-9-19(11)13-4-2-12(3-5-13)14-6-7-15(20)18-16(14)21/h2-5,11,14,17H,6-10H2,1H3,(H,18,20,21)/t11-,14?/m1/s1. The number of anilines is 1. The van der Waals surface area contributed by atoms with Crippen molar-refractivity contribution in [3.63, 3.8) is 0 Å². The van der Waals surface area contributed by atoms with Crippen LogP contribution in [0.25, 0.3) is 0 Å². The first kappa shape index (κ1) is 14.1. The quantitative estimate of drug-likeness (QED) is 0.797. The Labute approximate surface area is 124 Å². The summed E-state index contributed by atoms with van der Waals surface area (Å²) in [5, 5.41) is 5.80. The summed E-state index contributed by atoms with van der Waals surface area (Å²) in [6.07, 6.45) is 1.03. The summed E-state index contributed by atoms with van der Waals surface area (Å²) in [5.41, 5.74) is 2.19. The molecule has 2 heterocycles. The van der Waals surface area contributed by atoms with Gasteiger partial charge in [0, 0.05) is 37.8 Å². The number of carbonyl (C=O) groups is 2. The van der Waals surface area contributed by atoms with Gasteiger partial charge in [0.2, 0.25) is 11.8 Å². The number of amides is 2. The molecule has 5 nitrogen and oxygen atoms in total.